The van der Waals surface area contributed by atoms with Gasteiger partial charge in [-0.15, -0.1) is 0 Å². The molecule has 0 saturated carbocycles. The highest BCUT2D eigenvalue weighted by molar-refractivity contribution is 6.42. The van der Waals surface area contributed by atoms with Crippen LogP contribution < -0.4 is 0 Å². The van der Waals surface area contributed by atoms with Crippen LogP contribution in [0.15, 0.2) is 53.7 Å². The highest BCUT2D eigenvalue weighted by Crippen LogP contribution is 2.34. The first-order valence-corrected chi connectivity index (χ1v) is 10.7. The zero-order valence-corrected chi connectivity index (χ0v) is 18.4. The van der Waals surface area contributed by atoms with E-state index in [1.807, 2.05) is 36.4 Å². The molecular formula is C23H26Cl2N2O3. The number of oxime groups is 1. The van der Waals surface area contributed by atoms with Crippen LogP contribution in [-0.2, 0) is 15.2 Å². The van der Waals surface area contributed by atoms with Crippen LogP contribution in [0.3, 0.4) is 0 Å². The van der Waals surface area contributed by atoms with E-state index in [0.29, 0.717) is 35.0 Å². The predicted molar refractivity (Wildman–Crippen MR) is 120 cm³/mol. The Bertz CT molecular complexity index is 881. The number of halogens is 2. The number of likely N-dealkylation sites (tertiary alicyclic amines) is 1. The van der Waals surface area contributed by atoms with E-state index in [4.69, 9.17) is 28.0 Å². The van der Waals surface area contributed by atoms with Crippen LogP contribution in [0.2, 0.25) is 10.0 Å². The summed E-state index contributed by atoms with van der Waals surface area (Å²) in [5, 5.41) is 15.8. The van der Waals surface area contributed by atoms with Crippen LogP contribution in [-0.4, -0.2) is 48.7 Å². The van der Waals surface area contributed by atoms with Crippen LogP contribution in [0, 0.1) is 0 Å². The van der Waals surface area contributed by atoms with Crippen LogP contribution in [0.5, 0.6) is 0 Å². The molecule has 7 heteroatoms. The lowest BCUT2D eigenvalue weighted by Crippen LogP contribution is -2.43. The molecule has 30 heavy (non-hydrogen) atoms. The van der Waals surface area contributed by atoms with E-state index in [1.165, 1.54) is 7.11 Å². The van der Waals surface area contributed by atoms with Crippen LogP contribution >= 0.6 is 23.2 Å². The van der Waals surface area contributed by atoms with Gasteiger partial charge in [-0.3, -0.25) is 4.79 Å². The lowest BCUT2D eigenvalue weighted by molar-refractivity contribution is -0.103. The maximum absolute atomic E-state index is 11.6. The van der Waals surface area contributed by atoms with Gasteiger partial charge < -0.3 is 14.8 Å². The van der Waals surface area contributed by atoms with Gasteiger partial charge >= 0.3 is 0 Å². The third kappa shape index (κ3) is 5.41. The zero-order valence-electron chi connectivity index (χ0n) is 16.9. The molecule has 1 fully saturated rings. The molecule has 0 bridgehead atoms. The van der Waals surface area contributed by atoms with Crippen molar-refractivity contribution >= 4 is 35.2 Å². The molecule has 2 aromatic carbocycles. The third-order valence-electron chi connectivity index (χ3n) is 5.75. The summed E-state index contributed by atoms with van der Waals surface area (Å²) in [4.78, 5) is 18.8. The predicted octanol–water partition coefficient (Wildman–Crippen LogP) is 4.65. The Morgan fingerprint density at radius 3 is 2.50 bits per heavy atom. The maximum Gasteiger partial charge on any atom is 0.168 e. The molecule has 0 spiro atoms. The van der Waals surface area contributed by atoms with Crippen LogP contribution in [0.4, 0.5) is 0 Å². The quantitative estimate of drug-likeness (QED) is 0.362. The Kier molecular flexibility index (Phi) is 7.89. The Labute approximate surface area is 187 Å². The molecule has 0 amide bonds. The van der Waals surface area contributed by atoms with Crippen molar-refractivity contribution in [3.8, 4) is 0 Å². The summed E-state index contributed by atoms with van der Waals surface area (Å²) in [5.74, 6) is -0.257. The molecular weight excluding hydrogens is 423 g/mol. The number of carbonyl (C=O) groups is 1. The SMILES string of the molecule is CO/N=C(\C=O)C(CCN1CCC(O)(c2ccccc2)CC1)c1ccc(Cl)c(Cl)c1. The highest BCUT2D eigenvalue weighted by Gasteiger charge is 2.34. The molecule has 1 N–H and O–H groups in total. The summed E-state index contributed by atoms with van der Waals surface area (Å²) in [6, 6.07) is 15.2. The Morgan fingerprint density at radius 2 is 1.90 bits per heavy atom. The van der Waals surface area contributed by atoms with Gasteiger partial charge in [0.1, 0.15) is 12.8 Å². The number of aliphatic hydroxyl groups is 1. The molecule has 1 aliphatic rings. The van der Waals surface area contributed by atoms with Crippen molar-refractivity contribution in [2.45, 2.75) is 30.8 Å². The average molecular weight is 449 g/mol. The topological polar surface area (TPSA) is 62.1 Å². The van der Waals surface area contributed by atoms with E-state index >= 15 is 0 Å². The normalized spacial score (nSPS) is 18.1. The van der Waals surface area contributed by atoms with Crippen molar-refractivity contribution in [2.24, 2.45) is 5.16 Å². The molecule has 1 heterocycles. The number of rotatable bonds is 8. The summed E-state index contributed by atoms with van der Waals surface area (Å²) in [5.41, 5.74) is 1.36. The number of carbonyl (C=O) groups excluding carboxylic acids is 1. The van der Waals surface area contributed by atoms with Gasteiger partial charge in [-0.1, -0.05) is 64.8 Å². The number of hydrogen-bond donors (Lipinski definition) is 1. The standard InChI is InChI=1S/C23H26Cl2N2O3/c1-30-26-22(16-28)19(17-7-8-20(24)21(25)15-17)9-12-27-13-10-23(29,11-14-27)18-5-3-2-4-6-18/h2-8,15-16,19,29H,9-14H2,1H3/b26-22+. The first-order valence-electron chi connectivity index (χ1n) is 9.98. The smallest absolute Gasteiger partial charge is 0.168 e. The number of hydrogen-bond acceptors (Lipinski definition) is 5. The first-order chi connectivity index (χ1) is 14.5. The Balaban J connectivity index is 1.68. The van der Waals surface area contributed by atoms with Crippen molar-refractivity contribution in [2.75, 3.05) is 26.7 Å². The fraction of sp³-hybridized carbons (Fsp3) is 0.391. The number of aldehydes is 1. The number of piperidine rings is 1. The second-order valence-electron chi connectivity index (χ2n) is 7.57. The fourth-order valence-corrected chi connectivity index (χ4v) is 4.29. The van der Waals surface area contributed by atoms with Crippen LogP contribution in [0.25, 0.3) is 0 Å². The molecule has 0 aromatic heterocycles. The second kappa shape index (κ2) is 10.4. The van der Waals surface area contributed by atoms with E-state index < -0.39 is 5.60 Å². The van der Waals surface area contributed by atoms with E-state index in [1.54, 1.807) is 12.1 Å². The van der Waals surface area contributed by atoms with Gasteiger partial charge in [-0.2, -0.15) is 0 Å². The number of benzene rings is 2. The van der Waals surface area contributed by atoms with Crippen molar-refractivity contribution in [3.05, 3.63) is 69.7 Å². The minimum absolute atomic E-state index is 0.257. The molecule has 0 radical (unpaired) electrons. The largest absolute Gasteiger partial charge is 0.399 e. The summed E-state index contributed by atoms with van der Waals surface area (Å²) in [6.07, 6.45) is 2.73. The lowest BCUT2D eigenvalue weighted by Gasteiger charge is -2.39. The van der Waals surface area contributed by atoms with Crippen molar-refractivity contribution in [1.29, 1.82) is 0 Å². The lowest BCUT2D eigenvalue weighted by atomic mass is 9.84. The summed E-state index contributed by atoms with van der Waals surface area (Å²) in [6.45, 7) is 2.31. The van der Waals surface area contributed by atoms with Gasteiger partial charge in [-0.05, 0) is 49.1 Å². The van der Waals surface area contributed by atoms with E-state index in [2.05, 4.69) is 10.1 Å². The third-order valence-corrected chi connectivity index (χ3v) is 6.49. The van der Waals surface area contributed by atoms with Gasteiger partial charge in [-0.25, -0.2) is 0 Å². The minimum Gasteiger partial charge on any atom is -0.399 e. The maximum atomic E-state index is 11.6. The Hall–Kier alpha value is -1.92. The zero-order chi connectivity index (χ0) is 21.6. The molecule has 0 aliphatic carbocycles. The van der Waals surface area contributed by atoms with E-state index in [0.717, 1.165) is 37.0 Å². The van der Waals surface area contributed by atoms with Crippen LogP contribution in [0.1, 0.15) is 36.3 Å². The summed E-state index contributed by atoms with van der Waals surface area (Å²) in [7, 11) is 1.42. The molecule has 1 atom stereocenters. The fourth-order valence-electron chi connectivity index (χ4n) is 3.98. The Morgan fingerprint density at radius 1 is 1.20 bits per heavy atom. The van der Waals surface area contributed by atoms with E-state index in [-0.39, 0.29) is 5.92 Å². The van der Waals surface area contributed by atoms with Crippen molar-refractivity contribution < 1.29 is 14.7 Å². The molecule has 1 unspecified atom stereocenters. The van der Waals surface area contributed by atoms with Gasteiger partial charge in [0.2, 0.25) is 0 Å². The van der Waals surface area contributed by atoms with Crippen molar-refractivity contribution in [1.82, 2.24) is 4.90 Å². The van der Waals surface area contributed by atoms with Gasteiger partial charge in [0.15, 0.2) is 6.29 Å². The van der Waals surface area contributed by atoms with Gasteiger partial charge in [0, 0.05) is 19.0 Å². The average Bonchev–Trinajstić information content (AvgIpc) is 2.77. The number of nitrogens with zero attached hydrogens (tertiary/aromatic N) is 2. The summed E-state index contributed by atoms with van der Waals surface area (Å²) < 4.78 is 0. The summed E-state index contributed by atoms with van der Waals surface area (Å²) >= 11 is 12.2. The first kappa shape index (κ1) is 22.8. The van der Waals surface area contributed by atoms with Gasteiger partial charge in [0.25, 0.3) is 0 Å². The molecule has 1 saturated heterocycles. The molecule has 3 rings (SSSR count). The molecule has 1 aliphatic heterocycles. The van der Waals surface area contributed by atoms with E-state index in [9.17, 15) is 9.90 Å². The second-order valence-corrected chi connectivity index (χ2v) is 8.39. The monoisotopic (exact) mass is 448 g/mol. The minimum atomic E-state index is -0.785. The molecule has 2 aromatic rings. The van der Waals surface area contributed by atoms with Gasteiger partial charge in [0.05, 0.1) is 15.6 Å². The molecule has 160 valence electrons. The van der Waals surface area contributed by atoms with Crippen molar-refractivity contribution in [3.63, 3.8) is 0 Å². The molecule has 5 nitrogen and oxygen atoms in total. The highest BCUT2D eigenvalue weighted by atomic mass is 35.5.